The molecule has 0 aromatic heterocycles. The van der Waals surface area contributed by atoms with Crippen LogP contribution in [-0.4, -0.2) is 45.2 Å². The van der Waals surface area contributed by atoms with E-state index in [-0.39, 0.29) is 0 Å². The van der Waals surface area contributed by atoms with Gasteiger partial charge in [-0.1, -0.05) is 0 Å². The van der Waals surface area contributed by atoms with E-state index in [1.54, 1.807) is 0 Å². The summed E-state index contributed by atoms with van der Waals surface area (Å²) in [6.45, 7) is 2.33. The number of Topliss-reactive ketones (excluding diaryl/α,β-unsaturated/α-hetero) is 1. The van der Waals surface area contributed by atoms with Gasteiger partial charge in [0.05, 0.1) is 6.10 Å². The van der Waals surface area contributed by atoms with Crippen LogP contribution < -0.4 is 5.73 Å². The maximum Gasteiger partial charge on any atom is 0.371 e. The van der Waals surface area contributed by atoms with Crippen LogP contribution in [0.1, 0.15) is 13.8 Å². The number of ketones is 1. The molecular formula is C7H13NO6. The Balaban J connectivity index is 0. The highest BCUT2D eigenvalue weighted by Gasteiger charge is 2.16. The summed E-state index contributed by atoms with van der Waals surface area (Å²) in [7, 11) is 0. The van der Waals surface area contributed by atoms with Crippen molar-refractivity contribution >= 4 is 17.7 Å². The van der Waals surface area contributed by atoms with Crippen LogP contribution in [0.4, 0.5) is 0 Å². The predicted octanol–water partition coefficient (Wildman–Crippen LogP) is -1.56. The van der Waals surface area contributed by atoms with E-state index < -0.39 is 29.9 Å². The van der Waals surface area contributed by atoms with Gasteiger partial charge in [0.25, 0.3) is 0 Å². The van der Waals surface area contributed by atoms with Gasteiger partial charge < -0.3 is 21.1 Å². The van der Waals surface area contributed by atoms with Crippen molar-refractivity contribution in [1.29, 1.82) is 0 Å². The maximum absolute atomic E-state index is 9.86. The first-order valence-corrected chi connectivity index (χ1v) is 3.60. The first kappa shape index (κ1) is 15.0. The molecule has 0 rings (SSSR count). The molecule has 0 heterocycles. The molecule has 0 fully saturated rings. The van der Waals surface area contributed by atoms with E-state index in [1.807, 2.05) is 0 Å². The molecule has 0 saturated carbocycles. The van der Waals surface area contributed by atoms with E-state index >= 15 is 0 Å². The van der Waals surface area contributed by atoms with Crippen LogP contribution in [0, 0.1) is 0 Å². The van der Waals surface area contributed by atoms with Gasteiger partial charge in [0.15, 0.2) is 0 Å². The van der Waals surface area contributed by atoms with Gasteiger partial charge in [-0.25, -0.2) is 4.79 Å². The van der Waals surface area contributed by atoms with Crippen molar-refractivity contribution in [3.63, 3.8) is 0 Å². The first-order valence-electron chi connectivity index (χ1n) is 3.60. The van der Waals surface area contributed by atoms with Gasteiger partial charge in [0, 0.05) is 6.92 Å². The van der Waals surface area contributed by atoms with Crippen molar-refractivity contribution in [3.05, 3.63) is 0 Å². The monoisotopic (exact) mass is 207 g/mol. The molecule has 0 aromatic carbocycles. The Bertz CT molecular complexity index is 212. The highest BCUT2D eigenvalue weighted by atomic mass is 16.4. The SMILES string of the molecule is CC(=O)C(=O)O.CC(O)C(N)C(=O)O. The smallest absolute Gasteiger partial charge is 0.371 e. The van der Waals surface area contributed by atoms with Gasteiger partial charge in [-0.3, -0.25) is 9.59 Å². The molecule has 0 bridgehead atoms. The largest absolute Gasteiger partial charge is 0.480 e. The second-order valence-corrected chi connectivity index (χ2v) is 2.47. The molecule has 2 unspecified atom stereocenters. The second-order valence-electron chi connectivity index (χ2n) is 2.47. The third-order valence-corrected chi connectivity index (χ3v) is 1.11. The van der Waals surface area contributed by atoms with E-state index in [4.69, 9.17) is 21.1 Å². The van der Waals surface area contributed by atoms with E-state index in [1.165, 1.54) is 6.92 Å². The number of carbonyl (C=O) groups excluding carboxylic acids is 1. The molecule has 0 radical (unpaired) electrons. The highest BCUT2D eigenvalue weighted by Crippen LogP contribution is 1.85. The van der Waals surface area contributed by atoms with Crippen LogP contribution in [0.2, 0.25) is 0 Å². The zero-order chi connectivity index (χ0) is 11.9. The molecule has 82 valence electrons. The van der Waals surface area contributed by atoms with Crippen molar-refractivity contribution in [1.82, 2.24) is 0 Å². The molecule has 5 N–H and O–H groups in total. The molecule has 0 saturated heterocycles. The quantitative estimate of drug-likeness (QED) is 0.410. The number of aliphatic hydroxyl groups is 1. The minimum atomic E-state index is -1.38. The van der Waals surface area contributed by atoms with Crippen molar-refractivity contribution in [2.45, 2.75) is 26.0 Å². The van der Waals surface area contributed by atoms with Crippen LogP contribution in [0.15, 0.2) is 0 Å². The highest BCUT2D eigenvalue weighted by molar-refractivity contribution is 6.31. The Labute approximate surface area is 80.1 Å². The molecule has 0 aliphatic rings. The van der Waals surface area contributed by atoms with Crippen molar-refractivity contribution in [2.75, 3.05) is 0 Å². The summed E-state index contributed by atoms with van der Waals surface area (Å²) >= 11 is 0. The van der Waals surface area contributed by atoms with Crippen LogP contribution in [0.25, 0.3) is 0 Å². The zero-order valence-corrected chi connectivity index (χ0v) is 7.80. The average Bonchev–Trinajstić information content (AvgIpc) is 2.03. The minimum Gasteiger partial charge on any atom is -0.480 e. The maximum atomic E-state index is 9.86. The van der Waals surface area contributed by atoms with Gasteiger partial charge in [-0.05, 0) is 6.92 Å². The molecule has 0 spiro atoms. The molecule has 14 heavy (non-hydrogen) atoms. The number of carboxylic acid groups (broad SMARTS) is 2. The van der Waals surface area contributed by atoms with E-state index in [9.17, 15) is 14.4 Å². The van der Waals surface area contributed by atoms with Crippen LogP contribution in [0.3, 0.4) is 0 Å². The fraction of sp³-hybridized carbons (Fsp3) is 0.571. The third kappa shape index (κ3) is 8.62. The lowest BCUT2D eigenvalue weighted by atomic mass is 10.2. The number of hydrogen-bond acceptors (Lipinski definition) is 5. The number of rotatable bonds is 3. The molecule has 0 amide bonds. The average molecular weight is 207 g/mol. The summed E-state index contributed by atoms with van der Waals surface area (Å²) in [5.74, 6) is -3.38. The van der Waals surface area contributed by atoms with Gasteiger partial charge >= 0.3 is 11.9 Å². The van der Waals surface area contributed by atoms with Gasteiger partial charge in [-0.2, -0.15) is 0 Å². The summed E-state index contributed by atoms with van der Waals surface area (Å²) in [6.07, 6.45) is -0.979. The number of carboxylic acids is 2. The van der Waals surface area contributed by atoms with Crippen molar-refractivity contribution < 1.29 is 29.7 Å². The van der Waals surface area contributed by atoms with Crippen molar-refractivity contribution in [2.24, 2.45) is 5.73 Å². The number of nitrogens with two attached hydrogens (primary N) is 1. The topological polar surface area (TPSA) is 138 Å². The Kier molecular flexibility index (Phi) is 7.49. The molecule has 0 aliphatic heterocycles. The Morgan fingerprint density at radius 1 is 1.21 bits per heavy atom. The summed E-state index contributed by atoms with van der Waals surface area (Å²) in [5, 5.41) is 24.2. The molecule has 7 heteroatoms. The number of aliphatic hydroxyl groups excluding tert-OH is 1. The van der Waals surface area contributed by atoms with Crippen LogP contribution in [-0.2, 0) is 14.4 Å². The number of carbonyl (C=O) groups is 3. The van der Waals surface area contributed by atoms with Crippen LogP contribution >= 0.6 is 0 Å². The molecule has 0 aromatic rings. The summed E-state index contributed by atoms with van der Waals surface area (Å²) < 4.78 is 0. The third-order valence-electron chi connectivity index (χ3n) is 1.11. The van der Waals surface area contributed by atoms with E-state index in [0.717, 1.165) is 6.92 Å². The second kappa shape index (κ2) is 6.98. The van der Waals surface area contributed by atoms with Gasteiger partial charge in [-0.15, -0.1) is 0 Å². The Morgan fingerprint density at radius 2 is 1.50 bits per heavy atom. The fourth-order valence-electron chi connectivity index (χ4n) is 0.206. The molecule has 2 atom stereocenters. The van der Waals surface area contributed by atoms with Crippen molar-refractivity contribution in [3.8, 4) is 0 Å². The zero-order valence-electron chi connectivity index (χ0n) is 7.80. The predicted molar refractivity (Wildman–Crippen MR) is 45.6 cm³/mol. The van der Waals surface area contributed by atoms with Gasteiger partial charge in [0.2, 0.25) is 5.78 Å². The first-order chi connectivity index (χ1) is 6.20. The standard InChI is InChI=1S/C4H9NO3.C3H4O3/c1-2(6)3(5)4(7)8;1-2(4)3(5)6/h2-3,6H,5H2,1H3,(H,7,8);1H3,(H,5,6). The normalized spacial score (nSPS) is 13.1. The molecule has 0 aliphatic carbocycles. The van der Waals surface area contributed by atoms with Gasteiger partial charge in [0.1, 0.15) is 6.04 Å². The minimum absolute atomic E-state index is 0.824. The lowest BCUT2D eigenvalue weighted by Crippen LogP contribution is -2.39. The van der Waals surface area contributed by atoms with Crippen LogP contribution in [0.5, 0.6) is 0 Å². The summed E-state index contributed by atoms with van der Waals surface area (Å²) in [6, 6.07) is -1.16. The fourth-order valence-corrected chi connectivity index (χ4v) is 0.206. The van der Waals surface area contributed by atoms with E-state index in [2.05, 4.69) is 0 Å². The van der Waals surface area contributed by atoms with E-state index in [0.29, 0.717) is 0 Å². The number of hydrogen-bond donors (Lipinski definition) is 4. The Morgan fingerprint density at radius 3 is 1.50 bits per heavy atom. The number of aliphatic carboxylic acids is 2. The summed E-state index contributed by atoms with van der Waals surface area (Å²) in [5.41, 5.74) is 4.91. The molecule has 7 nitrogen and oxygen atoms in total. The lowest BCUT2D eigenvalue weighted by molar-refractivity contribution is -0.148. The molecular weight excluding hydrogens is 194 g/mol. The lowest BCUT2D eigenvalue weighted by Gasteiger charge is -2.06. The Hall–Kier alpha value is -1.47. The summed E-state index contributed by atoms with van der Waals surface area (Å²) in [4.78, 5) is 28.7.